The molecule has 1 amide bonds. The van der Waals surface area contributed by atoms with Crippen LogP contribution in [0.3, 0.4) is 0 Å². The van der Waals surface area contributed by atoms with Crippen LogP contribution in [0, 0.1) is 0 Å². The molecule has 0 saturated carbocycles. The molecular formula is C14H22N2O2. The zero-order valence-corrected chi connectivity index (χ0v) is 11.3. The SMILES string of the molecule is CN[C@@H](Cc1ccccc1)C(=O)N(C)CCOC. The third-order valence-corrected chi connectivity index (χ3v) is 2.94. The van der Waals surface area contributed by atoms with Gasteiger partial charge in [0, 0.05) is 20.7 Å². The molecule has 18 heavy (non-hydrogen) atoms. The van der Waals surface area contributed by atoms with Crippen molar-refractivity contribution < 1.29 is 9.53 Å². The van der Waals surface area contributed by atoms with E-state index in [1.165, 1.54) is 0 Å². The highest BCUT2D eigenvalue weighted by Gasteiger charge is 2.20. The quantitative estimate of drug-likeness (QED) is 0.782. The number of nitrogens with zero attached hydrogens (tertiary/aromatic N) is 1. The second-order valence-corrected chi connectivity index (χ2v) is 4.28. The minimum Gasteiger partial charge on any atom is -0.383 e. The van der Waals surface area contributed by atoms with Gasteiger partial charge in [-0.2, -0.15) is 0 Å². The lowest BCUT2D eigenvalue weighted by Gasteiger charge is -2.23. The summed E-state index contributed by atoms with van der Waals surface area (Å²) in [6.45, 7) is 1.17. The molecule has 1 atom stereocenters. The first-order valence-corrected chi connectivity index (χ1v) is 6.14. The molecular weight excluding hydrogens is 228 g/mol. The number of hydrogen-bond donors (Lipinski definition) is 1. The lowest BCUT2D eigenvalue weighted by atomic mass is 10.1. The van der Waals surface area contributed by atoms with Crippen molar-refractivity contribution in [3.05, 3.63) is 35.9 Å². The molecule has 0 aliphatic heterocycles. The number of carbonyl (C=O) groups is 1. The van der Waals surface area contributed by atoms with E-state index in [1.807, 2.05) is 37.4 Å². The standard InChI is InChI=1S/C14H22N2O2/c1-15-13(11-12-7-5-4-6-8-12)14(17)16(2)9-10-18-3/h4-8,13,15H,9-11H2,1-3H3/t13-/m0/s1. The molecule has 4 heteroatoms. The summed E-state index contributed by atoms with van der Waals surface area (Å²) >= 11 is 0. The van der Waals surface area contributed by atoms with E-state index in [4.69, 9.17) is 4.74 Å². The van der Waals surface area contributed by atoms with Crippen LogP contribution in [0.1, 0.15) is 5.56 Å². The number of rotatable bonds is 7. The number of methoxy groups -OCH3 is 1. The second-order valence-electron chi connectivity index (χ2n) is 4.28. The number of likely N-dealkylation sites (N-methyl/N-ethyl adjacent to an activating group) is 2. The van der Waals surface area contributed by atoms with Crippen molar-refractivity contribution in [2.24, 2.45) is 0 Å². The van der Waals surface area contributed by atoms with Gasteiger partial charge in [-0.05, 0) is 19.0 Å². The van der Waals surface area contributed by atoms with Gasteiger partial charge in [0.25, 0.3) is 0 Å². The van der Waals surface area contributed by atoms with Crippen molar-refractivity contribution in [1.29, 1.82) is 0 Å². The molecule has 0 aliphatic rings. The van der Waals surface area contributed by atoms with Crippen LogP contribution in [-0.2, 0) is 16.0 Å². The lowest BCUT2D eigenvalue weighted by molar-refractivity contribution is -0.132. The summed E-state index contributed by atoms with van der Waals surface area (Å²) in [6, 6.07) is 9.83. The minimum absolute atomic E-state index is 0.0957. The van der Waals surface area contributed by atoms with Crippen molar-refractivity contribution in [3.8, 4) is 0 Å². The van der Waals surface area contributed by atoms with Crippen molar-refractivity contribution in [2.45, 2.75) is 12.5 Å². The largest absolute Gasteiger partial charge is 0.383 e. The van der Waals surface area contributed by atoms with Gasteiger partial charge in [0.2, 0.25) is 5.91 Å². The van der Waals surface area contributed by atoms with Crippen LogP contribution in [-0.4, -0.2) is 51.2 Å². The molecule has 0 aliphatic carbocycles. The smallest absolute Gasteiger partial charge is 0.239 e. The van der Waals surface area contributed by atoms with E-state index in [1.54, 1.807) is 19.1 Å². The summed E-state index contributed by atoms with van der Waals surface area (Å²) in [6.07, 6.45) is 0.702. The van der Waals surface area contributed by atoms with Gasteiger partial charge in [-0.3, -0.25) is 4.79 Å². The Morgan fingerprint density at radius 3 is 2.61 bits per heavy atom. The molecule has 0 unspecified atom stereocenters. The molecule has 0 bridgehead atoms. The van der Waals surface area contributed by atoms with Gasteiger partial charge in [0.05, 0.1) is 12.6 Å². The van der Waals surface area contributed by atoms with Crippen LogP contribution in [0.2, 0.25) is 0 Å². The molecule has 4 nitrogen and oxygen atoms in total. The first-order chi connectivity index (χ1) is 8.69. The Kier molecular flexibility index (Phi) is 6.39. The van der Waals surface area contributed by atoms with Crippen LogP contribution in [0.25, 0.3) is 0 Å². The van der Waals surface area contributed by atoms with E-state index >= 15 is 0 Å². The molecule has 0 saturated heterocycles. The summed E-state index contributed by atoms with van der Waals surface area (Å²) in [7, 11) is 5.25. The summed E-state index contributed by atoms with van der Waals surface area (Å²) in [5, 5.41) is 3.08. The van der Waals surface area contributed by atoms with Crippen molar-refractivity contribution in [3.63, 3.8) is 0 Å². The molecule has 100 valence electrons. The number of amides is 1. The van der Waals surface area contributed by atoms with Gasteiger partial charge >= 0.3 is 0 Å². The highest BCUT2D eigenvalue weighted by molar-refractivity contribution is 5.82. The molecule has 0 fully saturated rings. The van der Waals surface area contributed by atoms with Crippen molar-refractivity contribution in [1.82, 2.24) is 10.2 Å². The normalized spacial score (nSPS) is 12.2. The minimum atomic E-state index is -0.186. The number of nitrogens with one attached hydrogen (secondary N) is 1. The van der Waals surface area contributed by atoms with Crippen molar-refractivity contribution in [2.75, 3.05) is 34.4 Å². The maximum absolute atomic E-state index is 12.2. The molecule has 1 aromatic carbocycles. The predicted molar refractivity (Wildman–Crippen MR) is 72.5 cm³/mol. The highest BCUT2D eigenvalue weighted by Crippen LogP contribution is 2.05. The van der Waals surface area contributed by atoms with E-state index < -0.39 is 0 Å². The molecule has 0 heterocycles. The van der Waals surface area contributed by atoms with Crippen LogP contribution in [0.4, 0.5) is 0 Å². The Morgan fingerprint density at radius 1 is 1.39 bits per heavy atom. The van der Waals surface area contributed by atoms with Crippen LogP contribution in [0.5, 0.6) is 0 Å². The molecule has 0 spiro atoms. The Morgan fingerprint density at radius 2 is 2.06 bits per heavy atom. The Labute approximate surface area is 109 Å². The second kappa shape index (κ2) is 7.84. The monoisotopic (exact) mass is 250 g/mol. The predicted octanol–water partition coefficient (Wildman–Crippen LogP) is 0.922. The van der Waals surface area contributed by atoms with Gasteiger partial charge in [-0.25, -0.2) is 0 Å². The van der Waals surface area contributed by atoms with Crippen molar-refractivity contribution >= 4 is 5.91 Å². The third-order valence-electron chi connectivity index (χ3n) is 2.94. The Bertz CT molecular complexity index is 354. The molecule has 0 radical (unpaired) electrons. The Balaban J connectivity index is 2.57. The van der Waals surface area contributed by atoms with E-state index in [0.29, 0.717) is 19.6 Å². The summed E-state index contributed by atoms with van der Waals surface area (Å²) in [5.41, 5.74) is 1.16. The zero-order valence-electron chi connectivity index (χ0n) is 11.3. The van der Waals surface area contributed by atoms with E-state index in [0.717, 1.165) is 5.56 Å². The summed E-state index contributed by atoms with van der Waals surface area (Å²) in [5.74, 6) is 0.0957. The zero-order chi connectivity index (χ0) is 13.4. The van der Waals surface area contributed by atoms with E-state index in [2.05, 4.69) is 5.32 Å². The van der Waals surface area contributed by atoms with Gasteiger partial charge in [-0.1, -0.05) is 30.3 Å². The maximum atomic E-state index is 12.2. The van der Waals surface area contributed by atoms with Gasteiger partial charge in [0.1, 0.15) is 0 Å². The van der Waals surface area contributed by atoms with Gasteiger partial charge in [0.15, 0.2) is 0 Å². The van der Waals surface area contributed by atoms with E-state index in [9.17, 15) is 4.79 Å². The van der Waals surface area contributed by atoms with Crippen LogP contribution in [0.15, 0.2) is 30.3 Å². The molecule has 1 N–H and O–H groups in total. The third kappa shape index (κ3) is 4.47. The number of carbonyl (C=O) groups excluding carboxylic acids is 1. The lowest BCUT2D eigenvalue weighted by Crippen LogP contribution is -2.45. The first kappa shape index (κ1) is 14.7. The fraction of sp³-hybridized carbons (Fsp3) is 0.500. The van der Waals surface area contributed by atoms with Gasteiger partial charge < -0.3 is 15.0 Å². The Hall–Kier alpha value is -1.39. The fourth-order valence-corrected chi connectivity index (χ4v) is 1.77. The summed E-state index contributed by atoms with van der Waals surface area (Å²) in [4.78, 5) is 13.9. The molecule has 1 rings (SSSR count). The number of hydrogen-bond acceptors (Lipinski definition) is 3. The van der Waals surface area contributed by atoms with Gasteiger partial charge in [-0.15, -0.1) is 0 Å². The first-order valence-electron chi connectivity index (χ1n) is 6.14. The summed E-state index contributed by atoms with van der Waals surface area (Å²) < 4.78 is 4.98. The van der Waals surface area contributed by atoms with Crippen LogP contribution >= 0.6 is 0 Å². The molecule has 1 aromatic rings. The topological polar surface area (TPSA) is 41.6 Å². The fourth-order valence-electron chi connectivity index (χ4n) is 1.77. The van der Waals surface area contributed by atoms with Crippen LogP contribution < -0.4 is 5.32 Å². The number of benzene rings is 1. The highest BCUT2D eigenvalue weighted by atomic mass is 16.5. The molecule has 0 aromatic heterocycles. The average Bonchev–Trinajstić information content (AvgIpc) is 2.42. The maximum Gasteiger partial charge on any atom is 0.239 e. The average molecular weight is 250 g/mol. The van der Waals surface area contributed by atoms with E-state index in [-0.39, 0.29) is 11.9 Å². The number of ether oxygens (including phenoxy) is 1.